The summed E-state index contributed by atoms with van der Waals surface area (Å²) in [5.74, 6) is 1.67. The second-order valence-corrected chi connectivity index (χ2v) is 6.66. The van der Waals surface area contributed by atoms with Crippen LogP contribution in [0.5, 0.6) is 5.75 Å². The first-order chi connectivity index (χ1) is 11.3. The topological polar surface area (TPSA) is 13.7 Å². The number of ether oxygens (including phenoxy) is 1. The van der Waals surface area contributed by atoms with E-state index in [0.29, 0.717) is 5.92 Å². The number of piperidine rings is 1. The summed E-state index contributed by atoms with van der Waals surface area (Å²) < 4.78 is 5.38. The van der Waals surface area contributed by atoms with Gasteiger partial charge in [-0.1, -0.05) is 42.5 Å². The van der Waals surface area contributed by atoms with Gasteiger partial charge in [-0.25, -0.2) is 0 Å². The Labute approximate surface area is 152 Å². The van der Waals surface area contributed by atoms with Crippen molar-refractivity contribution >= 4 is 0 Å². The molecule has 2 unspecified atom stereocenters. The molecule has 2 nitrogen and oxygen atoms in total. The normalized spacial score (nSPS) is 20.2. The van der Waals surface area contributed by atoms with Gasteiger partial charge in [-0.15, -0.1) is 0 Å². The summed E-state index contributed by atoms with van der Waals surface area (Å²) in [6.07, 6.45) is 5.14. The highest BCUT2D eigenvalue weighted by molar-refractivity contribution is 5.31. The molecule has 1 aliphatic heterocycles. The SMILES string of the molecule is COc1cccc(C2CCC[NH+](CCCc3ccccc3)C2)c1.[Cl-]. The minimum absolute atomic E-state index is 0. The molecule has 2 aromatic rings. The molecule has 1 fully saturated rings. The summed E-state index contributed by atoms with van der Waals surface area (Å²) in [5.41, 5.74) is 2.91. The molecule has 2 aromatic carbocycles. The number of quaternary nitrogens is 1. The quantitative estimate of drug-likeness (QED) is 0.783. The molecule has 1 saturated heterocycles. The third-order valence-electron chi connectivity index (χ3n) is 5.02. The van der Waals surface area contributed by atoms with Gasteiger partial charge in [-0.05, 0) is 42.5 Å². The summed E-state index contributed by atoms with van der Waals surface area (Å²) in [6.45, 7) is 3.88. The average Bonchev–Trinajstić information content (AvgIpc) is 2.63. The Morgan fingerprint density at radius 3 is 2.71 bits per heavy atom. The molecule has 0 amide bonds. The van der Waals surface area contributed by atoms with E-state index < -0.39 is 0 Å². The molecule has 130 valence electrons. The molecule has 0 aromatic heterocycles. The summed E-state index contributed by atoms with van der Waals surface area (Å²) >= 11 is 0. The number of nitrogens with one attached hydrogen (secondary N) is 1. The van der Waals surface area contributed by atoms with E-state index in [0.717, 1.165) is 5.75 Å². The lowest BCUT2D eigenvalue weighted by molar-refractivity contribution is -0.906. The van der Waals surface area contributed by atoms with E-state index in [2.05, 4.69) is 48.5 Å². The molecular weight excluding hydrogens is 318 g/mol. The van der Waals surface area contributed by atoms with Gasteiger partial charge < -0.3 is 22.0 Å². The molecule has 24 heavy (non-hydrogen) atoms. The predicted molar refractivity (Wildman–Crippen MR) is 95.3 cm³/mol. The van der Waals surface area contributed by atoms with Gasteiger partial charge in [0, 0.05) is 12.3 Å². The van der Waals surface area contributed by atoms with Crippen molar-refractivity contribution < 1.29 is 22.0 Å². The van der Waals surface area contributed by atoms with Crippen molar-refractivity contribution in [2.75, 3.05) is 26.7 Å². The van der Waals surface area contributed by atoms with Crippen molar-refractivity contribution in [3.05, 3.63) is 65.7 Å². The van der Waals surface area contributed by atoms with Gasteiger partial charge in [0.15, 0.2) is 0 Å². The van der Waals surface area contributed by atoms with Gasteiger partial charge in [-0.3, -0.25) is 0 Å². The van der Waals surface area contributed by atoms with Crippen molar-refractivity contribution in [3.8, 4) is 5.75 Å². The first-order valence-electron chi connectivity index (χ1n) is 8.86. The number of likely N-dealkylation sites (tertiary alicyclic amines) is 1. The van der Waals surface area contributed by atoms with Crippen molar-refractivity contribution in [2.24, 2.45) is 0 Å². The maximum Gasteiger partial charge on any atom is 0.119 e. The number of halogens is 1. The van der Waals surface area contributed by atoms with Gasteiger partial charge in [0.05, 0.1) is 26.7 Å². The van der Waals surface area contributed by atoms with Gasteiger partial charge in [0.1, 0.15) is 5.75 Å². The Hall–Kier alpha value is -1.51. The summed E-state index contributed by atoms with van der Waals surface area (Å²) in [4.78, 5) is 1.76. The van der Waals surface area contributed by atoms with E-state index in [4.69, 9.17) is 4.74 Å². The minimum atomic E-state index is 0. The fraction of sp³-hybridized carbons (Fsp3) is 0.429. The predicted octanol–water partition coefficient (Wildman–Crippen LogP) is 0.0943. The smallest absolute Gasteiger partial charge is 0.119 e. The lowest BCUT2D eigenvalue weighted by Crippen LogP contribution is -3.13. The molecule has 0 spiro atoms. The van der Waals surface area contributed by atoms with Gasteiger partial charge in [0.25, 0.3) is 0 Å². The van der Waals surface area contributed by atoms with E-state index in [-0.39, 0.29) is 12.4 Å². The Morgan fingerprint density at radius 2 is 1.92 bits per heavy atom. The first-order valence-corrected chi connectivity index (χ1v) is 8.86. The monoisotopic (exact) mass is 345 g/mol. The zero-order valence-electron chi connectivity index (χ0n) is 14.5. The van der Waals surface area contributed by atoms with E-state index in [1.165, 1.54) is 56.4 Å². The van der Waals surface area contributed by atoms with Crippen LogP contribution in [0.25, 0.3) is 0 Å². The Kier molecular flexibility index (Phi) is 7.61. The number of benzene rings is 2. The molecule has 2 atom stereocenters. The van der Waals surface area contributed by atoms with Gasteiger partial charge >= 0.3 is 0 Å². The van der Waals surface area contributed by atoms with Crippen LogP contribution >= 0.6 is 0 Å². The molecule has 3 rings (SSSR count). The van der Waals surface area contributed by atoms with E-state index in [9.17, 15) is 0 Å². The third kappa shape index (κ3) is 5.25. The second kappa shape index (κ2) is 9.71. The van der Waals surface area contributed by atoms with E-state index >= 15 is 0 Å². The van der Waals surface area contributed by atoms with Gasteiger partial charge in [-0.2, -0.15) is 0 Å². The molecule has 1 N–H and O–H groups in total. The summed E-state index contributed by atoms with van der Waals surface area (Å²) in [7, 11) is 1.75. The highest BCUT2D eigenvalue weighted by atomic mass is 35.5. The number of aryl methyl sites for hydroxylation is 1. The Morgan fingerprint density at radius 1 is 1.08 bits per heavy atom. The van der Waals surface area contributed by atoms with Crippen LogP contribution in [-0.4, -0.2) is 26.7 Å². The van der Waals surface area contributed by atoms with Crippen LogP contribution in [0.15, 0.2) is 54.6 Å². The fourth-order valence-electron chi connectivity index (χ4n) is 3.75. The zero-order chi connectivity index (χ0) is 15.9. The lowest BCUT2D eigenvalue weighted by Gasteiger charge is -2.30. The maximum atomic E-state index is 5.38. The van der Waals surface area contributed by atoms with Crippen LogP contribution in [0.4, 0.5) is 0 Å². The van der Waals surface area contributed by atoms with Crippen LogP contribution in [0.3, 0.4) is 0 Å². The second-order valence-electron chi connectivity index (χ2n) is 6.66. The number of rotatable bonds is 6. The summed E-state index contributed by atoms with van der Waals surface area (Å²) in [5, 5.41) is 0. The van der Waals surface area contributed by atoms with Gasteiger partial charge in [0.2, 0.25) is 0 Å². The lowest BCUT2D eigenvalue weighted by atomic mass is 9.90. The molecule has 0 bridgehead atoms. The van der Waals surface area contributed by atoms with Crippen LogP contribution in [-0.2, 0) is 6.42 Å². The Bertz CT molecular complexity index is 602. The number of hydrogen-bond acceptors (Lipinski definition) is 1. The Balaban J connectivity index is 0.00000208. The first kappa shape index (κ1) is 18.8. The van der Waals surface area contributed by atoms with E-state index in [1.54, 1.807) is 12.0 Å². The maximum absolute atomic E-state index is 5.38. The molecule has 1 aliphatic rings. The third-order valence-corrected chi connectivity index (χ3v) is 5.02. The average molecular weight is 346 g/mol. The highest BCUT2D eigenvalue weighted by Gasteiger charge is 2.24. The molecule has 0 aliphatic carbocycles. The molecule has 3 heteroatoms. The highest BCUT2D eigenvalue weighted by Crippen LogP contribution is 2.24. The van der Waals surface area contributed by atoms with Crippen LogP contribution in [0, 0.1) is 0 Å². The molecular formula is C21H28ClNO. The standard InChI is InChI=1S/C21H27NO.ClH/c1-23-21-13-5-11-19(16-21)20-12-7-15-22(17-20)14-6-10-18-8-3-2-4-9-18;/h2-5,8-9,11,13,16,20H,6-7,10,12,14-15,17H2,1H3;1H. The van der Waals surface area contributed by atoms with Crippen molar-refractivity contribution in [1.29, 1.82) is 0 Å². The number of hydrogen-bond donors (Lipinski definition) is 1. The summed E-state index contributed by atoms with van der Waals surface area (Å²) in [6, 6.07) is 19.5. The van der Waals surface area contributed by atoms with Crippen molar-refractivity contribution in [3.63, 3.8) is 0 Å². The minimum Gasteiger partial charge on any atom is -1.00 e. The zero-order valence-corrected chi connectivity index (χ0v) is 15.3. The van der Waals surface area contributed by atoms with Crippen LogP contribution in [0.2, 0.25) is 0 Å². The molecule has 1 heterocycles. The fourth-order valence-corrected chi connectivity index (χ4v) is 3.75. The van der Waals surface area contributed by atoms with Crippen LogP contribution < -0.4 is 22.0 Å². The van der Waals surface area contributed by atoms with E-state index in [1.807, 2.05) is 6.07 Å². The van der Waals surface area contributed by atoms with Crippen LogP contribution in [0.1, 0.15) is 36.3 Å². The van der Waals surface area contributed by atoms with Crippen molar-refractivity contribution in [2.45, 2.75) is 31.6 Å². The molecule has 0 radical (unpaired) electrons. The van der Waals surface area contributed by atoms with Crippen molar-refractivity contribution in [1.82, 2.24) is 0 Å². The molecule has 0 saturated carbocycles. The largest absolute Gasteiger partial charge is 1.00 e. The number of methoxy groups -OCH3 is 1.